The molecule has 0 aliphatic heterocycles. The standard InChI is InChI=1S/C21H26N4O2.ClH/c1-22-13-12-20(26)23-16-8-5-9-17(14-16)24-21(27)25-19-11-4-7-15-6-2-3-10-18(15)19;/h4-5,7-9,11,14,22H,2-3,6,10,12-13H2,1H3,(H,23,26)(H2,24,25,27);1H. The maximum atomic E-state index is 12.4. The van der Waals surface area contributed by atoms with Crippen LogP contribution >= 0.6 is 12.4 Å². The van der Waals surface area contributed by atoms with Gasteiger partial charge in [0.1, 0.15) is 0 Å². The van der Waals surface area contributed by atoms with E-state index in [9.17, 15) is 9.59 Å². The lowest BCUT2D eigenvalue weighted by atomic mass is 9.90. The summed E-state index contributed by atoms with van der Waals surface area (Å²) < 4.78 is 0. The molecule has 0 radical (unpaired) electrons. The third kappa shape index (κ3) is 5.97. The average Bonchev–Trinajstić information content (AvgIpc) is 2.67. The molecule has 28 heavy (non-hydrogen) atoms. The topological polar surface area (TPSA) is 82.3 Å². The molecule has 1 aliphatic rings. The summed E-state index contributed by atoms with van der Waals surface area (Å²) in [6.07, 6.45) is 4.83. The van der Waals surface area contributed by atoms with E-state index in [4.69, 9.17) is 0 Å². The maximum absolute atomic E-state index is 12.4. The number of amides is 3. The van der Waals surface area contributed by atoms with Crippen molar-refractivity contribution in [2.75, 3.05) is 29.5 Å². The first-order chi connectivity index (χ1) is 13.2. The van der Waals surface area contributed by atoms with Gasteiger partial charge in [-0.3, -0.25) is 4.79 Å². The lowest BCUT2D eigenvalue weighted by molar-refractivity contribution is -0.116. The van der Waals surface area contributed by atoms with E-state index in [1.807, 2.05) is 12.1 Å². The van der Waals surface area contributed by atoms with Crippen molar-refractivity contribution in [3.05, 3.63) is 53.6 Å². The largest absolute Gasteiger partial charge is 0.326 e. The summed E-state index contributed by atoms with van der Waals surface area (Å²) in [4.78, 5) is 24.3. The molecular weight excluding hydrogens is 376 g/mol. The Morgan fingerprint density at radius 2 is 1.64 bits per heavy atom. The van der Waals surface area contributed by atoms with Gasteiger partial charge in [-0.2, -0.15) is 0 Å². The van der Waals surface area contributed by atoms with Gasteiger partial charge in [0.05, 0.1) is 0 Å². The van der Waals surface area contributed by atoms with E-state index < -0.39 is 0 Å². The minimum Gasteiger partial charge on any atom is -0.326 e. The molecule has 0 heterocycles. The van der Waals surface area contributed by atoms with Gasteiger partial charge in [-0.05, 0) is 68.1 Å². The second-order valence-electron chi connectivity index (χ2n) is 6.71. The first kappa shape index (κ1) is 21.7. The van der Waals surface area contributed by atoms with Gasteiger partial charge in [0.25, 0.3) is 0 Å². The van der Waals surface area contributed by atoms with E-state index in [1.54, 1.807) is 31.3 Å². The molecular formula is C21H27ClN4O2. The van der Waals surface area contributed by atoms with E-state index in [1.165, 1.54) is 17.5 Å². The number of aryl methyl sites for hydroxylation is 1. The molecule has 0 bridgehead atoms. The quantitative estimate of drug-likeness (QED) is 0.585. The number of hydrogen-bond acceptors (Lipinski definition) is 3. The van der Waals surface area contributed by atoms with Gasteiger partial charge in [0.2, 0.25) is 5.91 Å². The summed E-state index contributed by atoms with van der Waals surface area (Å²) in [5, 5.41) is 11.6. The van der Waals surface area contributed by atoms with E-state index in [-0.39, 0.29) is 24.3 Å². The SMILES string of the molecule is CNCCC(=O)Nc1cccc(NC(=O)Nc2cccc3c2CCCC3)c1.Cl. The van der Waals surface area contributed by atoms with Gasteiger partial charge in [0, 0.05) is 30.0 Å². The molecule has 3 amide bonds. The Bertz CT molecular complexity index is 826. The van der Waals surface area contributed by atoms with Gasteiger partial charge in [-0.1, -0.05) is 18.2 Å². The molecule has 0 aromatic heterocycles. The number of halogens is 1. The van der Waals surface area contributed by atoms with Gasteiger partial charge in [0.15, 0.2) is 0 Å². The summed E-state index contributed by atoms with van der Waals surface area (Å²) in [6.45, 7) is 0.619. The van der Waals surface area contributed by atoms with Crippen LogP contribution in [-0.4, -0.2) is 25.5 Å². The average molecular weight is 403 g/mol. The van der Waals surface area contributed by atoms with E-state index >= 15 is 0 Å². The zero-order valence-corrected chi connectivity index (χ0v) is 16.8. The molecule has 1 aliphatic carbocycles. The highest BCUT2D eigenvalue weighted by Gasteiger charge is 2.14. The van der Waals surface area contributed by atoms with Crippen molar-refractivity contribution >= 4 is 41.4 Å². The van der Waals surface area contributed by atoms with Crippen molar-refractivity contribution in [1.82, 2.24) is 5.32 Å². The van der Waals surface area contributed by atoms with Crippen molar-refractivity contribution in [3.8, 4) is 0 Å². The van der Waals surface area contributed by atoms with Crippen molar-refractivity contribution in [1.29, 1.82) is 0 Å². The summed E-state index contributed by atoms with van der Waals surface area (Å²) in [7, 11) is 1.81. The van der Waals surface area contributed by atoms with Crippen LogP contribution in [0.25, 0.3) is 0 Å². The van der Waals surface area contributed by atoms with Crippen molar-refractivity contribution in [2.45, 2.75) is 32.1 Å². The number of fused-ring (bicyclic) bond motifs is 1. The number of carbonyl (C=O) groups excluding carboxylic acids is 2. The van der Waals surface area contributed by atoms with Crippen molar-refractivity contribution in [2.24, 2.45) is 0 Å². The van der Waals surface area contributed by atoms with Crippen molar-refractivity contribution in [3.63, 3.8) is 0 Å². The van der Waals surface area contributed by atoms with Crippen LogP contribution in [0.15, 0.2) is 42.5 Å². The Hall–Kier alpha value is -2.57. The molecule has 150 valence electrons. The number of rotatable bonds is 6. The highest BCUT2D eigenvalue weighted by molar-refractivity contribution is 6.01. The van der Waals surface area contributed by atoms with Gasteiger partial charge >= 0.3 is 6.03 Å². The lowest BCUT2D eigenvalue weighted by Gasteiger charge is -2.19. The van der Waals surface area contributed by atoms with Gasteiger partial charge < -0.3 is 21.3 Å². The van der Waals surface area contributed by atoms with Crippen LogP contribution in [0.3, 0.4) is 0 Å². The molecule has 0 spiro atoms. The predicted molar refractivity (Wildman–Crippen MR) is 117 cm³/mol. The van der Waals surface area contributed by atoms with Crippen LogP contribution in [0.5, 0.6) is 0 Å². The van der Waals surface area contributed by atoms with Crippen LogP contribution in [0.4, 0.5) is 21.9 Å². The number of hydrogen-bond donors (Lipinski definition) is 4. The second kappa shape index (κ2) is 10.7. The molecule has 3 rings (SSSR count). The Kier molecular flexibility index (Phi) is 8.29. The molecule has 0 unspecified atom stereocenters. The second-order valence-corrected chi connectivity index (χ2v) is 6.71. The van der Waals surface area contributed by atoms with Crippen LogP contribution in [0.1, 0.15) is 30.4 Å². The maximum Gasteiger partial charge on any atom is 0.323 e. The Morgan fingerprint density at radius 3 is 2.43 bits per heavy atom. The van der Waals surface area contributed by atoms with Crippen LogP contribution in [-0.2, 0) is 17.6 Å². The van der Waals surface area contributed by atoms with Crippen LogP contribution in [0, 0.1) is 0 Å². The fourth-order valence-corrected chi connectivity index (χ4v) is 3.32. The van der Waals surface area contributed by atoms with E-state index in [0.717, 1.165) is 24.9 Å². The molecule has 2 aromatic rings. The summed E-state index contributed by atoms with van der Waals surface area (Å²) in [5.41, 5.74) is 4.73. The Morgan fingerprint density at radius 1 is 0.929 bits per heavy atom. The number of nitrogens with one attached hydrogen (secondary N) is 4. The molecule has 4 N–H and O–H groups in total. The smallest absolute Gasteiger partial charge is 0.323 e. The third-order valence-corrected chi connectivity index (χ3v) is 4.65. The van der Waals surface area contributed by atoms with E-state index in [2.05, 4.69) is 27.3 Å². The van der Waals surface area contributed by atoms with Crippen LogP contribution in [0.2, 0.25) is 0 Å². The molecule has 2 aromatic carbocycles. The molecule has 0 saturated carbocycles. The molecule has 0 fully saturated rings. The molecule has 6 nitrogen and oxygen atoms in total. The zero-order valence-electron chi connectivity index (χ0n) is 16.0. The minimum absolute atomic E-state index is 0. The number of carbonyl (C=O) groups is 2. The normalized spacial score (nSPS) is 12.3. The number of urea groups is 1. The molecule has 7 heteroatoms. The summed E-state index contributed by atoms with van der Waals surface area (Å²) in [5.74, 6) is -0.0677. The Labute approximate surface area is 171 Å². The fraction of sp³-hybridized carbons (Fsp3) is 0.333. The summed E-state index contributed by atoms with van der Waals surface area (Å²) >= 11 is 0. The molecule has 0 atom stereocenters. The zero-order chi connectivity index (χ0) is 19.1. The van der Waals surface area contributed by atoms with Crippen molar-refractivity contribution < 1.29 is 9.59 Å². The summed E-state index contributed by atoms with van der Waals surface area (Å²) in [6, 6.07) is 12.9. The minimum atomic E-state index is -0.285. The third-order valence-electron chi connectivity index (χ3n) is 4.65. The van der Waals surface area contributed by atoms with Crippen LogP contribution < -0.4 is 21.3 Å². The van der Waals surface area contributed by atoms with Gasteiger partial charge in [-0.25, -0.2) is 4.79 Å². The van der Waals surface area contributed by atoms with Gasteiger partial charge in [-0.15, -0.1) is 12.4 Å². The molecule has 0 saturated heterocycles. The first-order valence-corrected chi connectivity index (χ1v) is 9.39. The number of anilines is 3. The number of benzene rings is 2. The Balaban J connectivity index is 0.00000280. The highest BCUT2D eigenvalue weighted by atomic mass is 35.5. The highest BCUT2D eigenvalue weighted by Crippen LogP contribution is 2.28. The predicted octanol–water partition coefficient (Wildman–Crippen LogP) is 4.18. The fourth-order valence-electron chi connectivity index (χ4n) is 3.32. The monoisotopic (exact) mass is 402 g/mol. The first-order valence-electron chi connectivity index (χ1n) is 9.39. The van der Waals surface area contributed by atoms with E-state index in [0.29, 0.717) is 24.3 Å². The lowest BCUT2D eigenvalue weighted by Crippen LogP contribution is -2.21.